The van der Waals surface area contributed by atoms with E-state index in [1.807, 2.05) is 12.1 Å². The standard InChI is InChI=1S/C21H31N3O/c1-17(2)16-18-7-9-19(10-8-18)20(21(22)25)6-4-5-11-24-14-12-23(3)13-15-24/h7-10,17,20H,6,11-16H2,1-3H3,(H2,22,25)/t20-/m1/s1. The second kappa shape index (κ2) is 9.60. The van der Waals surface area contributed by atoms with Crippen molar-refractivity contribution in [3.63, 3.8) is 0 Å². The lowest BCUT2D eigenvalue weighted by Crippen LogP contribution is -2.44. The number of primary amides is 1. The van der Waals surface area contributed by atoms with Crippen molar-refractivity contribution < 1.29 is 4.79 Å². The number of hydrogen-bond acceptors (Lipinski definition) is 3. The number of likely N-dealkylation sites (N-methyl/N-ethyl adjacent to an activating group) is 1. The number of carbonyl (C=O) groups is 1. The highest BCUT2D eigenvalue weighted by atomic mass is 16.1. The molecule has 1 fully saturated rings. The molecule has 4 heteroatoms. The van der Waals surface area contributed by atoms with Gasteiger partial charge in [0.25, 0.3) is 0 Å². The summed E-state index contributed by atoms with van der Waals surface area (Å²) in [7, 11) is 2.15. The fourth-order valence-electron chi connectivity index (χ4n) is 3.09. The molecule has 1 saturated heterocycles. The van der Waals surface area contributed by atoms with Crippen molar-refractivity contribution in [2.75, 3.05) is 39.8 Å². The summed E-state index contributed by atoms with van der Waals surface area (Å²) >= 11 is 0. The molecule has 1 atom stereocenters. The number of hydrogen-bond donors (Lipinski definition) is 1. The van der Waals surface area contributed by atoms with Crippen LogP contribution >= 0.6 is 0 Å². The molecule has 0 saturated carbocycles. The normalized spacial score (nSPS) is 17.1. The van der Waals surface area contributed by atoms with E-state index < -0.39 is 0 Å². The van der Waals surface area contributed by atoms with Gasteiger partial charge in [-0.1, -0.05) is 44.0 Å². The fourth-order valence-corrected chi connectivity index (χ4v) is 3.09. The quantitative estimate of drug-likeness (QED) is 0.806. The Kier molecular flexibility index (Phi) is 7.49. The van der Waals surface area contributed by atoms with Gasteiger partial charge in [-0.2, -0.15) is 0 Å². The van der Waals surface area contributed by atoms with Crippen molar-refractivity contribution in [3.05, 3.63) is 35.4 Å². The summed E-state index contributed by atoms with van der Waals surface area (Å²) < 4.78 is 0. The van der Waals surface area contributed by atoms with Crippen LogP contribution in [-0.4, -0.2) is 55.5 Å². The lowest BCUT2D eigenvalue weighted by molar-refractivity contribution is -0.119. The molecule has 1 aromatic carbocycles. The summed E-state index contributed by atoms with van der Waals surface area (Å²) in [6.07, 6.45) is 1.54. The Morgan fingerprint density at radius 3 is 2.32 bits per heavy atom. The summed E-state index contributed by atoms with van der Waals surface area (Å²) in [6.45, 7) is 9.48. The van der Waals surface area contributed by atoms with E-state index in [0.717, 1.165) is 44.7 Å². The minimum atomic E-state index is -0.326. The highest BCUT2D eigenvalue weighted by Crippen LogP contribution is 2.20. The van der Waals surface area contributed by atoms with Crippen molar-refractivity contribution in [2.45, 2.75) is 32.6 Å². The van der Waals surface area contributed by atoms with Crippen LogP contribution in [0.15, 0.2) is 24.3 Å². The fraction of sp³-hybridized carbons (Fsp3) is 0.571. The first kappa shape index (κ1) is 19.5. The van der Waals surface area contributed by atoms with Crippen LogP contribution in [0.5, 0.6) is 0 Å². The Bertz CT molecular complexity index is 604. The van der Waals surface area contributed by atoms with Gasteiger partial charge in [0.1, 0.15) is 0 Å². The van der Waals surface area contributed by atoms with Crippen LogP contribution in [0.4, 0.5) is 0 Å². The van der Waals surface area contributed by atoms with E-state index in [4.69, 9.17) is 5.73 Å². The van der Waals surface area contributed by atoms with Crippen LogP contribution in [-0.2, 0) is 11.2 Å². The van der Waals surface area contributed by atoms with Crippen LogP contribution < -0.4 is 5.73 Å². The molecule has 0 radical (unpaired) electrons. The summed E-state index contributed by atoms with van der Waals surface area (Å²) in [5.74, 6) is 6.37. The van der Waals surface area contributed by atoms with Gasteiger partial charge < -0.3 is 10.6 Å². The van der Waals surface area contributed by atoms with E-state index in [0.29, 0.717) is 12.3 Å². The molecule has 2 rings (SSSR count). The Morgan fingerprint density at radius 2 is 1.76 bits per heavy atom. The van der Waals surface area contributed by atoms with Crippen LogP contribution in [0.3, 0.4) is 0 Å². The molecular formula is C21H31N3O. The van der Waals surface area contributed by atoms with E-state index in [-0.39, 0.29) is 11.8 Å². The second-order valence-electron chi connectivity index (χ2n) is 7.43. The van der Waals surface area contributed by atoms with Gasteiger partial charge in [-0.05, 0) is 30.5 Å². The van der Waals surface area contributed by atoms with Crippen LogP contribution in [0.2, 0.25) is 0 Å². The molecule has 1 aliphatic heterocycles. The molecule has 0 unspecified atom stereocenters. The highest BCUT2D eigenvalue weighted by molar-refractivity contribution is 5.82. The van der Waals surface area contributed by atoms with Crippen LogP contribution in [0.25, 0.3) is 0 Å². The monoisotopic (exact) mass is 341 g/mol. The third-order valence-corrected chi connectivity index (χ3v) is 4.70. The van der Waals surface area contributed by atoms with Gasteiger partial charge in [-0.25, -0.2) is 0 Å². The van der Waals surface area contributed by atoms with E-state index >= 15 is 0 Å². The average Bonchev–Trinajstić information content (AvgIpc) is 2.57. The van der Waals surface area contributed by atoms with Gasteiger partial charge >= 0.3 is 0 Å². The molecule has 4 nitrogen and oxygen atoms in total. The zero-order valence-corrected chi connectivity index (χ0v) is 15.8. The van der Waals surface area contributed by atoms with E-state index in [9.17, 15) is 4.79 Å². The summed E-state index contributed by atoms with van der Waals surface area (Å²) in [5, 5.41) is 0. The number of nitrogens with zero attached hydrogens (tertiary/aromatic N) is 2. The van der Waals surface area contributed by atoms with Crippen molar-refractivity contribution >= 4 is 5.91 Å². The Balaban J connectivity index is 1.90. The Morgan fingerprint density at radius 1 is 1.12 bits per heavy atom. The predicted molar refractivity (Wildman–Crippen MR) is 103 cm³/mol. The number of benzene rings is 1. The maximum Gasteiger partial charge on any atom is 0.225 e. The molecule has 1 aliphatic rings. The first-order chi connectivity index (χ1) is 12.0. The summed E-state index contributed by atoms with van der Waals surface area (Å²) in [6, 6.07) is 8.25. The van der Waals surface area contributed by atoms with Gasteiger partial charge in [0, 0.05) is 32.6 Å². The van der Waals surface area contributed by atoms with Crippen molar-refractivity contribution in [3.8, 4) is 11.8 Å². The lowest BCUT2D eigenvalue weighted by Gasteiger charge is -2.30. The highest BCUT2D eigenvalue weighted by Gasteiger charge is 2.17. The molecule has 136 valence electrons. The molecular weight excluding hydrogens is 310 g/mol. The summed E-state index contributed by atoms with van der Waals surface area (Å²) in [5.41, 5.74) is 7.87. The van der Waals surface area contributed by atoms with Crippen LogP contribution in [0, 0.1) is 17.8 Å². The van der Waals surface area contributed by atoms with Crippen LogP contribution in [0.1, 0.15) is 37.3 Å². The Labute approximate surface area is 152 Å². The van der Waals surface area contributed by atoms with Gasteiger partial charge in [0.2, 0.25) is 5.91 Å². The third-order valence-electron chi connectivity index (χ3n) is 4.70. The molecule has 25 heavy (non-hydrogen) atoms. The number of nitrogens with two attached hydrogens (primary N) is 1. The zero-order chi connectivity index (χ0) is 18.2. The first-order valence-electron chi connectivity index (χ1n) is 9.20. The molecule has 0 aliphatic carbocycles. The maximum absolute atomic E-state index is 11.8. The number of carbonyl (C=O) groups excluding carboxylic acids is 1. The van der Waals surface area contributed by atoms with Crippen molar-refractivity contribution in [1.29, 1.82) is 0 Å². The van der Waals surface area contributed by atoms with E-state index in [1.165, 1.54) is 5.56 Å². The summed E-state index contributed by atoms with van der Waals surface area (Å²) in [4.78, 5) is 16.5. The second-order valence-corrected chi connectivity index (χ2v) is 7.43. The average molecular weight is 341 g/mol. The van der Waals surface area contributed by atoms with Crippen molar-refractivity contribution in [1.82, 2.24) is 9.80 Å². The van der Waals surface area contributed by atoms with Gasteiger partial charge in [-0.15, -0.1) is 5.92 Å². The minimum Gasteiger partial charge on any atom is -0.369 e. The molecule has 0 aromatic heterocycles. The smallest absolute Gasteiger partial charge is 0.225 e. The molecule has 0 bridgehead atoms. The van der Waals surface area contributed by atoms with E-state index in [2.05, 4.69) is 54.7 Å². The number of rotatable bonds is 6. The zero-order valence-electron chi connectivity index (χ0n) is 15.8. The maximum atomic E-state index is 11.8. The third kappa shape index (κ3) is 6.53. The van der Waals surface area contributed by atoms with Gasteiger partial charge in [-0.3, -0.25) is 9.69 Å². The predicted octanol–water partition coefficient (Wildman–Crippen LogP) is 2.09. The van der Waals surface area contributed by atoms with Gasteiger partial charge in [0.05, 0.1) is 12.5 Å². The topological polar surface area (TPSA) is 49.6 Å². The number of piperazine rings is 1. The molecule has 1 aromatic rings. The molecule has 1 heterocycles. The molecule has 0 spiro atoms. The lowest BCUT2D eigenvalue weighted by atomic mass is 9.93. The number of amides is 1. The van der Waals surface area contributed by atoms with Gasteiger partial charge in [0.15, 0.2) is 0 Å². The molecule has 2 N–H and O–H groups in total. The SMILES string of the molecule is CC(C)Cc1ccc([C@@H](CC#CCN2CCN(C)CC2)C(N)=O)cc1. The van der Waals surface area contributed by atoms with E-state index in [1.54, 1.807) is 0 Å². The largest absolute Gasteiger partial charge is 0.369 e. The minimum absolute atomic E-state index is 0.300. The Hall–Kier alpha value is -1.83. The first-order valence-corrected chi connectivity index (χ1v) is 9.20. The van der Waals surface area contributed by atoms with Crippen molar-refractivity contribution in [2.24, 2.45) is 11.7 Å². The molecule has 1 amide bonds.